The minimum atomic E-state index is -4.52. The highest BCUT2D eigenvalue weighted by molar-refractivity contribution is 7.84. The minimum absolute atomic E-state index is 0.0578. The second kappa shape index (κ2) is 5.61. The summed E-state index contributed by atoms with van der Waals surface area (Å²) in [7, 11) is -1.15. The highest BCUT2D eigenvalue weighted by Gasteiger charge is 2.34. The normalized spacial score (nSPS) is 13.4. The molecule has 23 heavy (non-hydrogen) atoms. The summed E-state index contributed by atoms with van der Waals surface area (Å²) in [5.74, 6) is 0. The lowest BCUT2D eigenvalue weighted by Crippen LogP contribution is -2.07. The SMILES string of the molecule is CS(=O)c1ccc(-c2cc(C(F)(F)F)c3c(N)csc3n2)cc1. The number of nitrogens with two attached hydrogens (primary N) is 1. The number of nitrogen functional groups attached to an aromatic ring is 1. The molecular formula is C15H11F3N2OS2. The Hall–Kier alpha value is -1.93. The van der Waals surface area contributed by atoms with Crippen LogP contribution in [0, 0.1) is 0 Å². The fraction of sp³-hybridized carbons (Fsp3) is 0.133. The van der Waals surface area contributed by atoms with Gasteiger partial charge in [0.05, 0.1) is 16.9 Å². The Morgan fingerprint density at radius 3 is 2.43 bits per heavy atom. The van der Waals surface area contributed by atoms with Crippen LogP contribution in [-0.4, -0.2) is 15.4 Å². The number of aromatic nitrogens is 1. The molecule has 2 heterocycles. The number of fused-ring (bicyclic) bond motifs is 1. The van der Waals surface area contributed by atoms with Crippen LogP contribution in [0.4, 0.5) is 18.9 Å². The Balaban J connectivity index is 2.20. The fourth-order valence-electron chi connectivity index (χ4n) is 2.25. The predicted molar refractivity (Wildman–Crippen MR) is 86.8 cm³/mol. The maximum Gasteiger partial charge on any atom is 0.417 e. The first kappa shape index (κ1) is 15.9. The number of hydrogen-bond acceptors (Lipinski definition) is 4. The third-order valence-electron chi connectivity index (χ3n) is 3.36. The van der Waals surface area contributed by atoms with Crippen molar-refractivity contribution < 1.29 is 17.4 Å². The zero-order valence-electron chi connectivity index (χ0n) is 11.8. The number of halogens is 3. The fourth-order valence-corrected chi connectivity index (χ4v) is 3.63. The molecule has 8 heteroatoms. The standard InChI is InChI=1S/C15H11F3N2OS2/c1-23(21)9-4-2-8(3-5-9)12-6-10(15(16,17)18)13-11(19)7-22-14(13)20-12/h2-7H,19H2,1H3. The van der Waals surface area contributed by atoms with E-state index in [1.165, 1.54) is 11.6 Å². The van der Waals surface area contributed by atoms with E-state index in [1.807, 2.05) is 0 Å². The third-order valence-corrected chi connectivity index (χ3v) is 5.19. The summed E-state index contributed by atoms with van der Waals surface area (Å²) in [4.78, 5) is 5.13. The van der Waals surface area contributed by atoms with Gasteiger partial charge in [-0.1, -0.05) is 12.1 Å². The van der Waals surface area contributed by atoms with E-state index in [4.69, 9.17) is 5.73 Å². The summed E-state index contributed by atoms with van der Waals surface area (Å²) in [6, 6.07) is 7.47. The van der Waals surface area contributed by atoms with Crippen LogP contribution in [0.25, 0.3) is 21.5 Å². The first-order chi connectivity index (χ1) is 10.8. The van der Waals surface area contributed by atoms with E-state index in [2.05, 4.69) is 4.98 Å². The van der Waals surface area contributed by atoms with Crippen molar-refractivity contribution in [2.45, 2.75) is 11.1 Å². The van der Waals surface area contributed by atoms with Gasteiger partial charge in [-0.05, 0) is 18.2 Å². The second-order valence-electron chi connectivity index (χ2n) is 4.90. The summed E-state index contributed by atoms with van der Waals surface area (Å²) in [6.45, 7) is 0. The molecule has 0 saturated heterocycles. The highest BCUT2D eigenvalue weighted by Crippen LogP contribution is 2.41. The summed E-state index contributed by atoms with van der Waals surface area (Å²) in [5, 5.41) is 1.40. The van der Waals surface area contributed by atoms with Gasteiger partial charge in [-0.25, -0.2) is 4.98 Å². The number of benzene rings is 1. The van der Waals surface area contributed by atoms with Crippen LogP contribution in [0.2, 0.25) is 0 Å². The number of hydrogen-bond donors (Lipinski definition) is 1. The maximum absolute atomic E-state index is 13.3. The molecule has 0 radical (unpaired) electrons. The second-order valence-corrected chi connectivity index (χ2v) is 7.14. The van der Waals surface area contributed by atoms with Crippen molar-refractivity contribution in [2.75, 3.05) is 12.0 Å². The molecular weight excluding hydrogens is 345 g/mol. The molecule has 0 aliphatic carbocycles. The van der Waals surface area contributed by atoms with Gasteiger partial charge in [0.25, 0.3) is 0 Å². The van der Waals surface area contributed by atoms with Crippen molar-refractivity contribution >= 4 is 38.0 Å². The van der Waals surface area contributed by atoms with Gasteiger partial charge in [0.1, 0.15) is 4.83 Å². The van der Waals surface area contributed by atoms with Gasteiger partial charge in [-0.15, -0.1) is 11.3 Å². The van der Waals surface area contributed by atoms with Gasteiger partial charge >= 0.3 is 6.18 Å². The average molecular weight is 356 g/mol. The van der Waals surface area contributed by atoms with E-state index in [9.17, 15) is 17.4 Å². The monoisotopic (exact) mass is 356 g/mol. The number of anilines is 1. The molecule has 0 spiro atoms. The third kappa shape index (κ3) is 2.96. The van der Waals surface area contributed by atoms with E-state index in [-0.39, 0.29) is 21.6 Å². The van der Waals surface area contributed by atoms with Gasteiger partial charge in [0.2, 0.25) is 0 Å². The first-order valence-electron chi connectivity index (χ1n) is 6.46. The molecule has 120 valence electrons. The van der Waals surface area contributed by atoms with Crippen molar-refractivity contribution in [3.05, 3.63) is 41.3 Å². The van der Waals surface area contributed by atoms with E-state index >= 15 is 0 Å². The lowest BCUT2D eigenvalue weighted by molar-refractivity contribution is -0.136. The van der Waals surface area contributed by atoms with Crippen LogP contribution in [0.5, 0.6) is 0 Å². The lowest BCUT2D eigenvalue weighted by Gasteiger charge is -2.11. The number of thiophene rings is 1. The van der Waals surface area contributed by atoms with Crippen LogP contribution in [0.3, 0.4) is 0 Å². The van der Waals surface area contributed by atoms with Crippen molar-refractivity contribution in [1.82, 2.24) is 4.98 Å². The predicted octanol–water partition coefficient (Wildman–Crippen LogP) is 4.30. The molecule has 1 unspecified atom stereocenters. The summed E-state index contributed by atoms with van der Waals surface area (Å²) in [5.41, 5.74) is 5.67. The minimum Gasteiger partial charge on any atom is -0.397 e. The van der Waals surface area contributed by atoms with E-state index in [1.54, 1.807) is 24.3 Å². The molecule has 1 atom stereocenters. The van der Waals surface area contributed by atoms with Crippen LogP contribution in [0.15, 0.2) is 40.6 Å². The number of rotatable bonds is 2. The number of pyridine rings is 1. The molecule has 0 amide bonds. The topological polar surface area (TPSA) is 56.0 Å². The molecule has 1 aromatic carbocycles. The molecule has 3 nitrogen and oxygen atoms in total. The lowest BCUT2D eigenvalue weighted by atomic mass is 10.1. The Morgan fingerprint density at radius 2 is 1.87 bits per heavy atom. The van der Waals surface area contributed by atoms with E-state index < -0.39 is 22.5 Å². The van der Waals surface area contributed by atoms with E-state index in [0.717, 1.165) is 17.4 Å². The largest absolute Gasteiger partial charge is 0.417 e. The Labute approximate surface area is 136 Å². The number of nitrogens with zero attached hydrogens (tertiary/aromatic N) is 1. The quantitative estimate of drug-likeness (QED) is 0.745. The van der Waals surface area contributed by atoms with Crippen LogP contribution >= 0.6 is 11.3 Å². The van der Waals surface area contributed by atoms with Gasteiger partial charge < -0.3 is 5.73 Å². The Morgan fingerprint density at radius 1 is 1.22 bits per heavy atom. The van der Waals surface area contributed by atoms with Gasteiger partial charge in [0, 0.05) is 38.3 Å². The summed E-state index contributed by atoms with van der Waals surface area (Å²) >= 11 is 1.08. The van der Waals surface area contributed by atoms with Gasteiger partial charge in [0.15, 0.2) is 0 Å². The molecule has 0 aliphatic heterocycles. The molecule has 2 N–H and O–H groups in total. The van der Waals surface area contributed by atoms with Crippen molar-refractivity contribution in [1.29, 1.82) is 0 Å². The van der Waals surface area contributed by atoms with Crippen LogP contribution in [0.1, 0.15) is 5.56 Å². The molecule has 2 aromatic heterocycles. The first-order valence-corrected chi connectivity index (χ1v) is 8.90. The Kier molecular flexibility index (Phi) is 3.89. The zero-order valence-corrected chi connectivity index (χ0v) is 13.5. The molecule has 3 aromatic rings. The van der Waals surface area contributed by atoms with Crippen LogP contribution in [-0.2, 0) is 17.0 Å². The highest BCUT2D eigenvalue weighted by atomic mass is 32.2. The number of alkyl halides is 3. The average Bonchev–Trinajstić information content (AvgIpc) is 2.87. The van der Waals surface area contributed by atoms with Crippen LogP contribution < -0.4 is 5.73 Å². The zero-order chi connectivity index (χ0) is 16.8. The van der Waals surface area contributed by atoms with Gasteiger partial charge in [-0.3, -0.25) is 4.21 Å². The molecule has 0 bridgehead atoms. The smallest absolute Gasteiger partial charge is 0.397 e. The summed E-state index contributed by atoms with van der Waals surface area (Å²) < 4.78 is 51.4. The maximum atomic E-state index is 13.3. The molecule has 0 fully saturated rings. The molecule has 0 saturated carbocycles. The van der Waals surface area contributed by atoms with Crippen molar-refractivity contribution in [3.63, 3.8) is 0 Å². The molecule has 0 aliphatic rings. The van der Waals surface area contributed by atoms with Crippen molar-refractivity contribution in [3.8, 4) is 11.3 Å². The summed E-state index contributed by atoms with van der Waals surface area (Å²) in [6.07, 6.45) is -2.98. The Bertz CT molecular complexity index is 901. The van der Waals surface area contributed by atoms with E-state index in [0.29, 0.717) is 10.5 Å². The van der Waals surface area contributed by atoms with Gasteiger partial charge in [-0.2, -0.15) is 13.2 Å². The molecule has 3 rings (SSSR count). The van der Waals surface area contributed by atoms with Crippen molar-refractivity contribution in [2.24, 2.45) is 0 Å².